The summed E-state index contributed by atoms with van der Waals surface area (Å²) in [6.45, 7) is 1.93. The molecule has 1 aromatic heterocycles. The van der Waals surface area contributed by atoms with E-state index in [1.54, 1.807) is 0 Å². The van der Waals surface area contributed by atoms with Crippen molar-refractivity contribution < 1.29 is 4.39 Å². The molecule has 2 heteroatoms. The lowest BCUT2D eigenvalue weighted by Gasteiger charge is -2.07. The third-order valence-corrected chi connectivity index (χ3v) is 2.98. The first-order valence-corrected chi connectivity index (χ1v) is 4.60. The van der Waals surface area contributed by atoms with E-state index in [2.05, 4.69) is 6.08 Å². The molecule has 2 rings (SSSR count). The van der Waals surface area contributed by atoms with E-state index < -0.39 is 0 Å². The zero-order valence-corrected chi connectivity index (χ0v) is 7.12. The molecular formula is C9H9FS. The molecule has 1 aromatic rings. The Labute approximate surface area is 68.7 Å². The van der Waals surface area contributed by atoms with Crippen LogP contribution >= 0.6 is 11.3 Å². The fourth-order valence-electron chi connectivity index (χ4n) is 1.31. The van der Waals surface area contributed by atoms with Gasteiger partial charge in [0.1, 0.15) is 5.83 Å². The molecular weight excluding hydrogens is 159 g/mol. The minimum absolute atomic E-state index is 0.0671. The van der Waals surface area contributed by atoms with Crippen molar-refractivity contribution in [2.24, 2.45) is 5.92 Å². The molecule has 0 aromatic carbocycles. The topological polar surface area (TPSA) is 0 Å². The summed E-state index contributed by atoms with van der Waals surface area (Å²) in [5, 5.41) is 3.02. The molecule has 0 saturated carbocycles. The maximum absolute atomic E-state index is 13.3. The van der Waals surface area contributed by atoms with Crippen molar-refractivity contribution in [3.05, 3.63) is 21.2 Å². The minimum Gasteiger partial charge on any atom is -0.210 e. The van der Waals surface area contributed by atoms with E-state index in [4.69, 9.17) is 0 Å². The van der Waals surface area contributed by atoms with Gasteiger partial charge in [-0.05, 0) is 23.1 Å². The summed E-state index contributed by atoms with van der Waals surface area (Å²) < 4.78 is 14.1. The van der Waals surface area contributed by atoms with Crippen LogP contribution in [-0.4, -0.2) is 0 Å². The van der Waals surface area contributed by atoms with Crippen LogP contribution in [0.4, 0.5) is 4.39 Å². The molecule has 1 heterocycles. The van der Waals surface area contributed by atoms with Gasteiger partial charge in [-0.15, -0.1) is 11.3 Å². The normalized spacial score (nSPS) is 22.7. The van der Waals surface area contributed by atoms with Gasteiger partial charge in [0.15, 0.2) is 0 Å². The second kappa shape index (κ2) is 2.45. The van der Waals surface area contributed by atoms with Crippen molar-refractivity contribution in [2.75, 3.05) is 0 Å². The minimum atomic E-state index is 0.0671. The van der Waals surface area contributed by atoms with Gasteiger partial charge in [0.05, 0.1) is 4.53 Å². The molecule has 11 heavy (non-hydrogen) atoms. The third-order valence-electron chi connectivity index (χ3n) is 2.04. The number of hydrogen-bond acceptors (Lipinski definition) is 1. The van der Waals surface area contributed by atoms with Gasteiger partial charge in [-0.2, -0.15) is 0 Å². The van der Waals surface area contributed by atoms with Crippen LogP contribution in [0.2, 0.25) is 0 Å². The van der Waals surface area contributed by atoms with Crippen molar-refractivity contribution in [2.45, 2.75) is 13.3 Å². The Balaban J connectivity index is 2.82. The van der Waals surface area contributed by atoms with E-state index in [0.29, 0.717) is 0 Å². The Morgan fingerprint density at radius 2 is 2.45 bits per heavy atom. The molecule has 0 nitrogen and oxygen atoms in total. The van der Waals surface area contributed by atoms with E-state index >= 15 is 0 Å². The number of hydrogen-bond donors (Lipinski definition) is 0. The molecule has 0 N–H and O–H groups in total. The maximum atomic E-state index is 13.3. The summed E-state index contributed by atoms with van der Waals surface area (Å²) in [5.41, 5.74) is 0. The van der Waals surface area contributed by atoms with E-state index in [9.17, 15) is 4.39 Å². The molecule has 0 bridgehead atoms. The van der Waals surface area contributed by atoms with Crippen LogP contribution in [0, 0.1) is 5.92 Å². The largest absolute Gasteiger partial charge is 0.210 e. The maximum Gasteiger partial charge on any atom is 0.121 e. The fraction of sp³-hybridized carbons (Fsp3) is 0.333. The van der Waals surface area contributed by atoms with Gasteiger partial charge >= 0.3 is 0 Å². The Morgan fingerprint density at radius 1 is 1.64 bits per heavy atom. The standard InChI is InChI=1S/C9H9FS/c1-6-2-3-7-4-5-11-9(7)8(6)10/h3-6H,2H2,1H3. The predicted molar refractivity (Wildman–Crippen MR) is 46.3 cm³/mol. The molecule has 0 amide bonds. The highest BCUT2D eigenvalue weighted by Crippen LogP contribution is 2.18. The number of halogens is 1. The van der Waals surface area contributed by atoms with E-state index in [1.165, 1.54) is 11.3 Å². The highest BCUT2D eigenvalue weighted by atomic mass is 32.1. The summed E-state index contributed by atoms with van der Waals surface area (Å²) >= 11 is 1.49. The molecule has 1 aliphatic rings. The molecule has 0 spiro atoms. The fourth-order valence-corrected chi connectivity index (χ4v) is 2.26. The molecule has 1 aliphatic carbocycles. The first kappa shape index (κ1) is 7.04. The van der Waals surface area contributed by atoms with E-state index in [-0.39, 0.29) is 11.7 Å². The van der Waals surface area contributed by atoms with E-state index in [0.717, 1.165) is 16.2 Å². The number of thiophene rings is 1. The van der Waals surface area contributed by atoms with Crippen LogP contribution in [-0.2, 0) is 0 Å². The molecule has 1 atom stereocenters. The molecule has 0 radical (unpaired) electrons. The van der Waals surface area contributed by atoms with Gasteiger partial charge in [0.2, 0.25) is 0 Å². The van der Waals surface area contributed by atoms with Gasteiger partial charge < -0.3 is 0 Å². The van der Waals surface area contributed by atoms with Crippen molar-refractivity contribution in [3.8, 4) is 0 Å². The summed E-state index contributed by atoms with van der Waals surface area (Å²) in [6, 6.07) is 1.98. The van der Waals surface area contributed by atoms with Crippen LogP contribution in [0.3, 0.4) is 0 Å². The van der Waals surface area contributed by atoms with Crippen LogP contribution in [0.15, 0.2) is 11.4 Å². The summed E-state index contributed by atoms with van der Waals surface area (Å²) in [5.74, 6) is 0.152. The quantitative estimate of drug-likeness (QED) is 0.552. The first-order valence-electron chi connectivity index (χ1n) is 3.72. The lowest BCUT2D eigenvalue weighted by molar-refractivity contribution is 0.601. The Kier molecular flexibility index (Phi) is 1.57. The molecule has 0 fully saturated rings. The van der Waals surface area contributed by atoms with Gasteiger partial charge in [-0.25, -0.2) is 4.39 Å². The van der Waals surface area contributed by atoms with Gasteiger partial charge in [-0.1, -0.05) is 13.0 Å². The Morgan fingerprint density at radius 3 is 3.27 bits per heavy atom. The van der Waals surface area contributed by atoms with Crippen molar-refractivity contribution in [3.63, 3.8) is 0 Å². The third kappa shape index (κ3) is 1.02. The van der Waals surface area contributed by atoms with Crippen LogP contribution in [0.1, 0.15) is 13.3 Å². The molecule has 58 valence electrons. The molecule has 1 unspecified atom stereocenters. The highest BCUT2D eigenvalue weighted by Gasteiger charge is 2.12. The average molecular weight is 168 g/mol. The lowest BCUT2D eigenvalue weighted by atomic mass is 10.0. The smallest absolute Gasteiger partial charge is 0.121 e. The molecule has 0 saturated heterocycles. The number of rotatable bonds is 0. The zero-order chi connectivity index (χ0) is 7.84. The number of fused-ring (bicyclic) bond motifs is 1. The second-order valence-corrected chi connectivity index (χ2v) is 3.81. The van der Waals surface area contributed by atoms with Crippen LogP contribution in [0.25, 0.3) is 11.9 Å². The summed E-state index contributed by atoms with van der Waals surface area (Å²) in [6.07, 6.45) is 2.95. The zero-order valence-electron chi connectivity index (χ0n) is 6.30. The van der Waals surface area contributed by atoms with Crippen LogP contribution < -0.4 is 9.75 Å². The lowest BCUT2D eigenvalue weighted by Crippen LogP contribution is -2.25. The summed E-state index contributed by atoms with van der Waals surface area (Å²) in [7, 11) is 0. The summed E-state index contributed by atoms with van der Waals surface area (Å²) in [4.78, 5) is 0. The average Bonchev–Trinajstić information content (AvgIpc) is 2.45. The predicted octanol–water partition coefficient (Wildman–Crippen LogP) is 1.65. The highest BCUT2D eigenvalue weighted by molar-refractivity contribution is 7.07. The monoisotopic (exact) mass is 168 g/mol. The Bertz CT molecular complexity index is 375. The van der Waals surface area contributed by atoms with Crippen molar-refractivity contribution >= 4 is 23.2 Å². The molecule has 0 aliphatic heterocycles. The first-order chi connectivity index (χ1) is 5.29. The van der Waals surface area contributed by atoms with Crippen LogP contribution in [0.5, 0.6) is 0 Å². The van der Waals surface area contributed by atoms with Crippen molar-refractivity contribution in [1.29, 1.82) is 0 Å². The van der Waals surface area contributed by atoms with E-state index in [1.807, 2.05) is 18.4 Å². The Hall–Kier alpha value is -0.630. The van der Waals surface area contributed by atoms with Gasteiger partial charge in [-0.3, -0.25) is 0 Å². The van der Waals surface area contributed by atoms with Gasteiger partial charge in [0.25, 0.3) is 0 Å². The van der Waals surface area contributed by atoms with Crippen molar-refractivity contribution in [1.82, 2.24) is 0 Å². The van der Waals surface area contributed by atoms with Gasteiger partial charge in [0, 0.05) is 5.92 Å². The SMILES string of the molecule is CC1CC=c2ccsc2=C1F. The second-order valence-electron chi connectivity index (χ2n) is 2.89.